The summed E-state index contributed by atoms with van der Waals surface area (Å²) in [7, 11) is 19.6. The number of aliphatic imine (C=N–C) groups is 4. The van der Waals surface area contributed by atoms with Crippen molar-refractivity contribution >= 4 is 84.8 Å². The summed E-state index contributed by atoms with van der Waals surface area (Å²) < 4.78 is 0. The summed E-state index contributed by atoms with van der Waals surface area (Å²) in [5.41, 5.74) is 14.9. The fraction of sp³-hybridized carbons (Fsp3) is 0.316. The van der Waals surface area contributed by atoms with Crippen LogP contribution in [0.2, 0.25) is 0 Å². The van der Waals surface area contributed by atoms with Gasteiger partial charge >= 0.3 is 71.3 Å². The van der Waals surface area contributed by atoms with Crippen molar-refractivity contribution in [3.63, 3.8) is 0 Å². The summed E-state index contributed by atoms with van der Waals surface area (Å²) in [4.78, 5) is 18.1. The second kappa shape index (κ2) is 34.2. The molecule has 0 bridgehead atoms. The number of phenolic OH excluding ortho intramolecular Hbond substituents is 4. The van der Waals surface area contributed by atoms with Gasteiger partial charge in [0.1, 0.15) is 23.0 Å². The Hall–Kier alpha value is -5.77. The average Bonchev–Trinajstić information content (AvgIpc) is 0.899. The number of aromatic hydroxyl groups is 4. The van der Waals surface area contributed by atoms with Gasteiger partial charge in [0, 0.05) is 58.2 Å². The summed E-state index contributed by atoms with van der Waals surface area (Å²) in [5, 5.41) is 41.9. The number of hydrogen-bond donors (Lipinski definition) is 4. The molecular weight excluding hydrogens is 1270 g/mol. The van der Waals surface area contributed by atoms with Gasteiger partial charge in [0.15, 0.2) is 0 Å². The van der Waals surface area contributed by atoms with Crippen LogP contribution in [-0.4, -0.2) is 45.3 Å². The van der Waals surface area contributed by atoms with Gasteiger partial charge in [-0.15, -0.1) is 0 Å². The third-order valence-electron chi connectivity index (χ3n) is 14.4. The molecule has 90 heavy (non-hydrogen) atoms. The zero-order valence-corrected chi connectivity index (χ0v) is 61.7. The number of hydrogen-bond acceptors (Lipinski definition) is 8. The van der Waals surface area contributed by atoms with Gasteiger partial charge in [0.05, 0.1) is 22.7 Å². The molecule has 0 aliphatic rings. The van der Waals surface area contributed by atoms with Crippen LogP contribution in [0.15, 0.2) is 190 Å². The molecule has 474 valence electrons. The maximum absolute atomic E-state index is 10.7. The Kier molecular flexibility index (Phi) is 29.2. The van der Waals surface area contributed by atoms with Gasteiger partial charge < -0.3 is 20.4 Å². The summed E-state index contributed by atoms with van der Waals surface area (Å²) in [6, 6.07) is 55.2. The Balaban J connectivity index is 0.000000288. The van der Waals surface area contributed by atoms with Crippen LogP contribution in [0.4, 0.5) is 22.7 Å². The predicted octanol–water partition coefficient (Wildman–Crippen LogP) is 23.1. The van der Waals surface area contributed by atoms with E-state index in [-0.39, 0.29) is 44.0 Å². The van der Waals surface area contributed by atoms with Crippen LogP contribution in [0.1, 0.15) is 180 Å². The van der Waals surface area contributed by atoms with Crippen LogP contribution in [0.25, 0.3) is 11.1 Å². The molecule has 0 saturated carbocycles. The third kappa shape index (κ3) is 24.7. The van der Waals surface area contributed by atoms with E-state index < -0.39 is 34.1 Å². The molecule has 0 heterocycles. The standard InChI is InChI=1S/C34H36N2O2.2C21H27NO.4ClH.2Ti/c1-33(2,3)27-11-17-31(37)25(19-27)21-35-29-13-7-23(8-14-29)24-9-15-30(16-10-24)36-22-26-20-28(34(4,5)6)12-18-32(26)38;2*1-20(2,3)16-12-15(14-22-17-10-8-7-9-11-17)19(23)18(13-16)21(4,5)6;;;;;;/h7-22,37-38H,1-6H3;2*7-14,23H,1-6H3;4*1H;;/q;;;;;;;2*+2/p-4. The van der Waals surface area contributed by atoms with E-state index in [1.165, 1.54) is 11.1 Å². The van der Waals surface area contributed by atoms with Gasteiger partial charge in [-0.2, -0.15) is 0 Å². The van der Waals surface area contributed by atoms with Crippen molar-refractivity contribution in [2.75, 3.05) is 0 Å². The first-order valence-electron chi connectivity index (χ1n) is 29.7. The van der Waals surface area contributed by atoms with E-state index in [1.54, 1.807) is 37.0 Å². The minimum absolute atomic E-state index is 0.00208. The van der Waals surface area contributed by atoms with E-state index in [2.05, 4.69) is 157 Å². The van der Waals surface area contributed by atoms with Gasteiger partial charge in [-0.05, 0) is 151 Å². The van der Waals surface area contributed by atoms with Crippen LogP contribution in [-0.2, 0) is 66.6 Å². The first kappa shape index (κ1) is 76.7. The number of rotatable bonds is 9. The van der Waals surface area contributed by atoms with Crippen LogP contribution < -0.4 is 0 Å². The van der Waals surface area contributed by atoms with E-state index in [0.717, 1.165) is 67.3 Å². The maximum atomic E-state index is 10.7. The van der Waals surface area contributed by atoms with Gasteiger partial charge in [-0.3, -0.25) is 20.0 Å². The SMILES string of the molecule is CC(C)(C)c1cc(C=Nc2ccccc2)c(O)c(C(C)(C)C)c1.CC(C)(C)c1cc(C=Nc2ccccc2)c(O)c(C(C)(C)C)c1.CC(C)(C)c1ccc(O)c(C=Nc2ccc(-c3ccc(N=Cc4cc(C(C)(C)C)ccc4O)cc3)cc2)c1.[Cl][Ti][Cl].[Cl][Ti][Cl]. The monoisotopic (exact) mass is 1360 g/mol. The zero-order chi connectivity index (χ0) is 67.4. The van der Waals surface area contributed by atoms with E-state index >= 15 is 0 Å². The molecule has 0 atom stereocenters. The molecule has 0 radical (unpaired) electrons. The molecule has 8 aromatic carbocycles. The first-order valence-corrected chi connectivity index (χ1v) is 38.3. The number of phenols is 4. The molecule has 0 aliphatic carbocycles. The Bertz CT molecular complexity index is 3440. The summed E-state index contributed by atoms with van der Waals surface area (Å²) in [6.07, 6.45) is 6.94. The number of nitrogens with zero attached hydrogens (tertiary/aromatic N) is 4. The second-order valence-electron chi connectivity index (χ2n) is 27.9. The molecule has 8 rings (SSSR count). The molecule has 0 spiro atoms. The molecular formula is C76H90Cl4N4O4Ti2. The van der Waals surface area contributed by atoms with Crippen molar-refractivity contribution in [3.05, 3.63) is 225 Å². The van der Waals surface area contributed by atoms with Crippen LogP contribution in [0.5, 0.6) is 23.0 Å². The van der Waals surface area contributed by atoms with Crippen molar-refractivity contribution in [2.45, 2.75) is 157 Å². The van der Waals surface area contributed by atoms with Crippen LogP contribution in [0.3, 0.4) is 0 Å². The number of benzene rings is 8. The molecule has 0 amide bonds. The number of para-hydroxylation sites is 2. The topological polar surface area (TPSA) is 130 Å². The van der Waals surface area contributed by atoms with Crippen molar-refractivity contribution in [1.82, 2.24) is 0 Å². The fourth-order valence-corrected chi connectivity index (χ4v) is 8.85. The normalized spacial score (nSPS) is 12.1. The Morgan fingerprint density at radius 2 is 0.533 bits per heavy atom. The van der Waals surface area contributed by atoms with E-state index in [1.807, 2.05) is 146 Å². The summed E-state index contributed by atoms with van der Waals surface area (Å²) >= 11 is -1.11. The predicted molar refractivity (Wildman–Crippen MR) is 382 cm³/mol. The first-order chi connectivity index (χ1) is 41.9. The van der Waals surface area contributed by atoms with Gasteiger partial charge in [0.25, 0.3) is 0 Å². The molecule has 8 aromatic rings. The molecule has 8 nitrogen and oxygen atoms in total. The number of halogens is 4. The fourth-order valence-electron chi connectivity index (χ4n) is 8.85. The van der Waals surface area contributed by atoms with Crippen LogP contribution in [0, 0.1) is 0 Å². The average molecular weight is 1360 g/mol. The minimum atomic E-state index is -0.556. The quantitative estimate of drug-likeness (QED) is 0.0847. The van der Waals surface area contributed by atoms with Gasteiger partial charge in [-0.1, -0.05) is 210 Å². The van der Waals surface area contributed by atoms with Crippen molar-refractivity contribution in [3.8, 4) is 34.1 Å². The van der Waals surface area contributed by atoms with Crippen molar-refractivity contribution < 1.29 is 54.5 Å². The Morgan fingerprint density at radius 3 is 0.789 bits per heavy atom. The van der Waals surface area contributed by atoms with E-state index in [9.17, 15) is 20.4 Å². The molecule has 14 heteroatoms. The van der Waals surface area contributed by atoms with Crippen LogP contribution >= 0.6 is 37.2 Å². The van der Waals surface area contributed by atoms with E-state index in [0.29, 0.717) is 22.6 Å². The molecule has 4 N–H and O–H groups in total. The summed E-state index contributed by atoms with van der Waals surface area (Å²) in [5.74, 6) is 1.09. The molecule has 0 unspecified atom stereocenters. The molecule has 0 aliphatic heterocycles. The third-order valence-corrected chi connectivity index (χ3v) is 14.4. The van der Waals surface area contributed by atoms with Gasteiger partial charge in [0.2, 0.25) is 0 Å². The molecule has 0 saturated heterocycles. The zero-order valence-electron chi connectivity index (χ0n) is 55.6. The Morgan fingerprint density at radius 1 is 0.289 bits per heavy atom. The molecule has 0 aromatic heterocycles. The summed E-state index contributed by atoms with van der Waals surface area (Å²) in [6.45, 7) is 38.7. The molecule has 0 fully saturated rings. The van der Waals surface area contributed by atoms with E-state index in [4.69, 9.17) is 37.2 Å². The Labute approximate surface area is 571 Å². The van der Waals surface area contributed by atoms with Gasteiger partial charge in [-0.25, -0.2) is 0 Å². The second-order valence-corrected chi connectivity index (χ2v) is 33.1. The van der Waals surface area contributed by atoms with Crippen molar-refractivity contribution in [1.29, 1.82) is 0 Å². The van der Waals surface area contributed by atoms with Crippen molar-refractivity contribution in [2.24, 2.45) is 20.0 Å².